The van der Waals surface area contributed by atoms with E-state index in [2.05, 4.69) is 33.4 Å². The Morgan fingerprint density at radius 2 is 1.81 bits per heavy atom. The fraction of sp³-hybridized carbons (Fsp3) is 0.200. The van der Waals surface area contributed by atoms with Crippen LogP contribution in [0.4, 0.5) is 11.4 Å². The van der Waals surface area contributed by atoms with E-state index in [4.69, 9.17) is 4.74 Å². The summed E-state index contributed by atoms with van der Waals surface area (Å²) in [4.78, 5) is 27.2. The van der Waals surface area contributed by atoms with Gasteiger partial charge in [0.2, 0.25) is 0 Å². The van der Waals surface area contributed by atoms with Crippen molar-refractivity contribution in [3.05, 3.63) is 88.4 Å². The number of aryl methyl sites for hydroxylation is 1. The normalized spacial score (nSPS) is 15.2. The molecule has 4 rings (SSSR count). The largest absolute Gasteiger partial charge is 0.479 e. The van der Waals surface area contributed by atoms with Crippen molar-refractivity contribution in [2.45, 2.75) is 25.9 Å². The van der Waals surface area contributed by atoms with Crippen molar-refractivity contribution in [1.82, 2.24) is 0 Å². The van der Waals surface area contributed by atoms with E-state index < -0.39 is 6.10 Å². The lowest BCUT2D eigenvalue weighted by atomic mass is 10.1. The molecule has 1 heterocycles. The van der Waals surface area contributed by atoms with Gasteiger partial charge in [0.1, 0.15) is 5.75 Å². The molecule has 1 atom stereocenters. The number of hydrogen-bond donors (Lipinski definition) is 1. The average Bonchev–Trinajstić information content (AvgIpc) is 2.78. The Labute approximate surface area is 190 Å². The molecule has 3 aromatic carbocycles. The van der Waals surface area contributed by atoms with E-state index in [0.29, 0.717) is 29.2 Å². The van der Waals surface area contributed by atoms with Crippen LogP contribution in [0.3, 0.4) is 0 Å². The maximum Gasteiger partial charge on any atom is 0.267 e. The molecule has 2 amide bonds. The number of nitrogens with zero attached hydrogens (tertiary/aromatic N) is 1. The Bertz CT molecular complexity index is 1080. The molecule has 1 unspecified atom stereocenters. The quantitative estimate of drug-likeness (QED) is 0.512. The SMILES string of the molecule is CC1Oc2ccc(NC(=O)c3ccc(Br)cc3)cc2N(CCCc2ccccc2)C1=O. The van der Waals surface area contributed by atoms with Gasteiger partial charge in [0, 0.05) is 22.3 Å². The molecule has 6 heteroatoms. The number of rotatable bonds is 6. The van der Waals surface area contributed by atoms with E-state index in [-0.39, 0.29) is 11.8 Å². The lowest BCUT2D eigenvalue weighted by Gasteiger charge is -2.33. The van der Waals surface area contributed by atoms with E-state index in [1.54, 1.807) is 42.2 Å². The second-order valence-corrected chi connectivity index (χ2v) is 8.40. The van der Waals surface area contributed by atoms with Gasteiger partial charge in [-0.05, 0) is 67.8 Å². The molecular formula is C25H23BrN2O3. The van der Waals surface area contributed by atoms with E-state index >= 15 is 0 Å². The molecule has 5 nitrogen and oxygen atoms in total. The molecule has 1 N–H and O–H groups in total. The third-order valence-electron chi connectivity index (χ3n) is 5.22. The third kappa shape index (κ3) is 4.97. The summed E-state index contributed by atoms with van der Waals surface area (Å²) in [7, 11) is 0. The van der Waals surface area contributed by atoms with Gasteiger partial charge in [-0.25, -0.2) is 0 Å². The number of halogens is 1. The van der Waals surface area contributed by atoms with Crippen LogP contribution in [-0.2, 0) is 11.2 Å². The van der Waals surface area contributed by atoms with Gasteiger partial charge in [0.25, 0.3) is 11.8 Å². The number of ether oxygens (including phenoxy) is 1. The summed E-state index contributed by atoms with van der Waals surface area (Å²) in [5.41, 5.74) is 3.10. The predicted octanol–water partition coefficient (Wildman–Crippen LogP) is 5.45. The van der Waals surface area contributed by atoms with Crippen LogP contribution in [0, 0.1) is 0 Å². The van der Waals surface area contributed by atoms with Crippen LogP contribution in [-0.4, -0.2) is 24.5 Å². The highest BCUT2D eigenvalue weighted by Crippen LogP contribution is 2.36. The summed E-state index contributed by atoms with van der Waals surface area (Å²) < 4.78 is 6.70. The molecule has 1 aliphatic heterocycles. The molecule has 1 aliphatic rings. The first-order valence-corrected chi connectivity index (χ1v) is 11.0. The molecule has 0 fully saturated rings. The Hall–Kier alpha value is -3.12. The monoisotopic (exact) mass is 478 g/mol. The molecule has 0 aliphatic carbocycles. The molecular weight excluding hydrogens is 456 g/mol. The van der Waals surface area contributed by atoms with Crippen LogP contribution in [0.15, 0.2) is 77.3 Å². The lowest BCUT2D eigenvalue weighted by Crippen LogP contribution is -2.45. The zero-order valence-corrected chi connectivity index (χ0v) is 18.8. The highest BCUT2D eigenvalue weighted by atomic mass is 79.9. The summed E-state index contributed by atoms with van der Waals surface area (Å²) >= 11 is 3.37. The first-order chi connectivity index (χ1) is 15.0. The van der Waals surface area contributed by atoms with Crippen molar-refractivity contribution >= 4 is 39.1 Å². The lowest BCUT2D eigenvalue weighted by molar-refractivity contribution is -0.125. The van der Waals surface area contributed by atoms with Crippen LogP contribution in [0.2, 0.25) is 0 Å². The third-order valence-corrected chi connectivity index (χ3v) is 5.75. The number of hydrogen-bond acceptors (Lipinski definition) is 3. The standard InChI is InChI=1S/C25H23BrN2O3/c1-17-25(30)28(15-5-8-18-6-3-2-4-7-18)22-16-21(13-14-23(22)31-17)27-24(29)19-9-11-20(26)12-10-19/h2-4,6-7,9-14,16-17H,5,8,15H2,1H3,(H,27,29). The summed E-state index contributed by atoms with van der Waals surface area (Å²) in [6, 6.07) is 22.8. The maximum atomic E-state index is 12.8. The molecule has 3 aromatic rings. The van der Waals surface area contributed by atoms with Crippen LogP contribution < -0.4 is 15.0 Å². The Kier molecular flexibility index (Phi) is 6.37. The zero-order chi connectivity index (χ0) is 21.8. The predicted molar refractivity (Wildman–Crippen MR) is 126 cm³/mol. The zero-order valence-electron chi connectivity index (χ0n) is 17.2. The van der Waals surface area contributed by atoms with Crippen molar-refractivity contribution in [2.75, 3.05) is 16.8 Å². The van der Waals surface area contributed by atoms with Gasteiger partial charge in [-0.2, -0.15) is 0 Å². The van der Waals surface area contributed by atoms with Crippen molar-refractivity contribution in [1.29, 1.82) is 0 Å². The van der Waals surface area contributed by atoms with Gasteiger partial charge in [0.15, 0.2) is 6.10 Å². The highest BCUT2D eigenvalue weighted by Gasteiger charge is 2.31. The Morgan fingerprint density at radius 1 is 1.06 bits per heavy atom. The van der Waals surface area contributed by atoms with Crippen LogP contribution in [0.1, 0.15) is 29.3 Å². The van der Waals surface area contributed by atoms with Crippen LogP contribution in [0.25, 0.3) is 0 Å². The van der Waals surface area contributed by atoms with Crippen molar-refractivity contribution in [3.8, 4) is 5.75 Å². The van der Waals surface area contributed by atoms with E-state index in [1.807, 2.05) is 30.3 Å². The molecule has 0 bridgehead atoms. The van der Waals surface area contributed by atoms with Gasteiger partial charge in [-0.15, -0.1) is 0 Å². The molecule has 158 valence electrons. The topological polar surface area (TPSA) is 58.6 Å². The summed E-state index contributed by atoms with van der Waals surface area (Å²) in [6.45, 7) is 2.34. The van der Waals surface area contributed by atoms with Gasteiger partial charge >= 0.3 is 0 Å². The van der Waals surface area contributed by atoms with Gasteiger partial charge in [0.05, 0.1) is 5.69 Å². The van der Waals surface area contributed by atoms with Crippen molar-refractivity contribution in [3.63, 3.8) is 0 Å². The fourth-order valence-electron chi connectivity index (χ4n) is 3.61. The second-order valence-electron chi connectivity index (χ2n) is 7.48. The number of benzene rings is 3. The molecule has 0 spiro atoms. The molecule has 0 saturated heterocycles. The average molecular weight is 479 g/mol. The van der Waals surface area contributed by atoms with Crippen molar-refractivity contribution in [2.24, 2.45) is 0 Å². The first-order valence-electron chi connectivity index (χ1n) is 10.2. The Morgan fingerprint density at radius 3 is 2.55 bits per heavy atom. The second kappa shape index (κ2) is 9.35. The fourth-order valence-corrected chi connectivity index (χ4v) is 3.87. The van der Waals surface area contributed by atoms with Gasteiger partial charge in [-0.1, -0.05) is 46.3 Å². The van der Waals surface area contributed by atoms with E-state index in [0.717, 1.165) is 17.3 Å². The highest BCUT2D eigenvalue weighted by molar-refractivity contribution is 9.10. The number of nitrogens with one attached hydrogen (secondary N) is 1. The number of fused-ring (bicyclic) bond motifs is 1. The van der Waals surface area contributed by atoms with E-state index in [1.165, 1.54) is 5.56 Å². The van der Waals surface area contributed by atoms with Crippen molar-refractivity contribution < 1.29 is 14.3 Å². The summed E-state index contributed by atoms with van der Waals surface area (Å²) in [5.74, 6) is 0.366. The summed E-state index contributed by atoms with van der Waals surface area (Å²) in [5, 5.41) is 2.91. The molecule has 0 saturated carbocycles. The van der Waals surface area contributed by atoms with E-state index in [9.17, 15) is 9.59 Å². The Balaban J connectivity index is 1.51. The maximum absolute atomic E-state index is 12.8. The molecule has 31 heavy (non-hydrogen) atoms. The minimum absolute atomic E-state index is 0.0723. The minimum atomic E-state index is -0.535. The minimum Gasteiger partial charge on any atom is -0.479 e. The van der Waals surface area contributed by atoms with Crippen LogP contribution >= 0.6 is 15.9 Å². The number of amides is 2. The smallest absolute Gasteiger partial charge is 0.267 e. The number of carbonyl (C=O) groups is 2. The molecule has 0 radical (unpaired) electrons. The van der Waals surface area contributed by atoms with Gasteiger partial charge in [-0.3, -0.25) is 9.59 Å². The number of carbonyl (C=O) groups excluding carboxylic acids is 2. The van der Waals surface area contributed by atoms with Crippen LogP contribution in [0.5, 0.6) is 5.75 Å². The number of anilines is 2. The summed E-state index contributed by atoms with van der Waals surface area (Å²) in [6.07, 6.45) is 1.18. The molecule has 0 aromatic heterocycles. The van der Waals surface area contributed by atoms with Gasteiger partial charge < -0.3 is 15.0 Å². The first kappa shape index (κ1) is 21.1.